The van der Waals surface area contributed by atoms with Gasteiger partial charge in [-0.3, -0.25) is 0 Å². The summed E-state index contributed by atoms with van der Waals surface area (Å²) in [5, 5.41) is 1.63. The Bertz CT molecular complexity index is 625. The standard InChI is InChI=1S/C14H14ClNO2/c1-17-10-6-7-11(18-2)14-12(10)13(15)8-4-3-5-9(8)16-14/h6-7H,3-5H2,1-2H3. The first-order chi connectivity index (χ1) is 8.76. The highest BCUT2D eigenvalue weighted by atomic mass is 35.5. The molecule has 4 heteroatoms. The summed E-state index contributed by atoms with van der Waals surface area (Å²) in [6, 6.07) is 3.74. The maximum atomic E-state index is 6.52. The number of aryl methyl sites for hydroxylation is 1. The summed E-state index contributed by atoms with van der Waals surface area (Å²) in [7, 11) is 3.29. The van der Waals surface area contributed by atoms with Crippen molar-refractivity contribution in [3.8, 4) is 11.5 Å². The van der Waals surface area contributed by atoms with Crippen LogP contribution in [-0.2, 0) is 12.8 Å². The molecule has 1 heterocycles. The van der Waals surface area contributed by atoms with Gasteiger partial charge in [-0.2, -0.15) is 0 Å². The van der Waals surface area contributed by atoms with Crippen LogP contribution in [0.2, 0.25) is 5.02 Å². The Morgan fingerprint density at radius 2 is 1.83 bits per heavy atom. The van der Waals surface area contributed by atoms with Gasteiger partial charge in [-0.1, -0.05) is 11.6 Å². The second kappa shape index (κ2) is 4.32. The van der Waals surface area contributed by atoms with Crippen LogP contribution in [-0.4, -0.2) is 19.2 Å². The van der Waals surface area contributed by atoms with Crippen molar-refractivity contribution in [3.05, 3.63) is 28.4 Å². The third-order valence-electron chi connectivity index (χ3n) is 3.46. The van der Waals surface area contributed by atoms with E-state index in [0.29, 0.717) is 0 Å². The van der Waals surface area contributed by atoms with Gasteiger partial charge in [0.1, 0.15) is 17.0 Å². The molecule has 0 fully saturated rings. The number of aromatic nitrogens is 1. The number of benzene rings is 1. The van der Waals surface area contributed by atoms with Crippen LogP contribution in [0.4, 0.5) is 0 Å². The number of methoxy groups -OCH3 is 2. The van der Waals surface area contributed by atoms with Gasteiger partial charge in [0.2, 0.25) is 0 Å². The minimum Gasteiger partial charge on any atom is -0.496 e. The lowest BCUT2D eigenvalue weighted by Gasteiger charge is -2.13. The minimum atomic E-state index is 0.738. The van der Waals surface area contributed by atoms with Gasteiger partial charge < -0.3 is 9.47 Å². The van der Waals surface area contributed by atoms with Crippen LogP contribution in [0.3, 0.4) is 0 Å². The molecular formula is C14H14ClNO2. The first kappa shape index (κ1) is 11.6. The van der Waals surface area contributed by atoms with E-state index in [4.69, 9.17) is 26.1 Å². The number of nitrogens with zero attached hydrogens (tertiary/aromatic N) is 1. The van der Waals surface area contributed by atoms with Crippen molar-refractivity contribution in [2.24, 2.45) is 0 Å². The van der Waals surface area contributed by atoms with Crippen molar-refractivity contribution < 1.29 is 9.47 Å². The number of hydrogen-bond donors (Lipinski definition) is 0. The second-order valence-electron chi connectivity index (χ2n) is 4.40. The monoisotopic (exact) mass is 263 g/mol. The molecule has 0 unspecified atom stereocenters. The molecule has 0 aliphatic heterocycles. The molecule has 0 bridgehead atoms. The predicted molar refractivity (Wildman–Crippen MR) is 71.9 cm³/mol. The number of halogens is 1. The normalized spacial score (nSPS) is 13.7. The molecule has 1 aromatic carbocycles. The molecule has 0 amide bonds. The van der Waals surface area contributed by atoms with Crippen LogP contribution in [0, 0.1) is 0 Å². The van der Waals surface area contributed by atoms with Crippen LogP contribution in [0.25, 0.3) is 10.9 Å². The Hall–Kier alpha value is -1.48. The fourth-order valence-corrected chi connectivity index (χ4v) is 2.97. The van der Waals surface area contributed by atoms with Gasteiger partial charge in [-0.25, -0.2) is 4.98 Å². The van der Waals surface area contributed by atoms with E-state index in [1.807, 2.05) is 12.1 Å². The van der Waals surface area contributed by atoms with Crippen molar-refractivity contribution in [3.63, 3.8) is 0 Å². The molecule has 0 radical (unpaired) electrons. The smallest absolute Gasteiger partial charge is 0.145 e. The van der Waals surface area contributed by atoms with Crippen molar-refractivity contribution in [2.75, 3.05) is 14.2 Å². The van der Waals surface area contributed by atoms with Crippen molar-refractivity contribution in [1.29, 1.82) is 0 Å². The fraction of sp³-hybridized carbons (Fsp3) is 0.357. The van der Waals surface area contributed by atoms with Crippen LogP contribution in [0.5, 0.6) is 11.5 Å². The first-order valence-corrected chi connectivity index (χ1v) is 6.36. The Kier molecular flexibility index (Phi) is 2.78. The molecule has 3 rings (SSSR count). The van der Waals surface area contributed by atoms with Crippen LogP contribution < -0.4 is 9.47 Å². The summed E-state index contributed by atoms with van der Waals surface area (Å²) in [5.74, 6) is 1.49. The van der Waals surface area contributed by atoms with Crippen molar-refractivity contribution in [2.45, 2.75) is 19.3 Å². The number of fused-ring (bicyclic) bond motifs is 2. The molecule has 0 atom stereocenters. The molecule has 1 aliphatic carbocycles. The Morgan fingerprint density at radius 1 is 1.11 bits per heavy atom. The quantitative estimate of drug-likeness (QED) is 0.832. The van der Waals surface area contributed by atoms with Crippen molar-refractivity contribution >= 4 is 22.5 Å². The average molecular weight is 264 g/mol. The number of hydrogen-bond acceptors (Lipinski definition) is 3. The molecule has 1 aliphatic rings. The van der Waals surface area contributed by atoms with Gasteiger partial charge in [-0.15, -0.1) is 0 Å². The summed E-state index contributed by atoms with van der Waals surface area (Å²) < 4.78 is 10.8. The Balaban J connectivity index is 2.43. The second-order valence-corrected chi connectivity index (χ2v) is 4.78. The van der Waals surface area contributed by atoms with E-state index in [9.17, 15) is 0 Å². The SMILES string of the molecule is COc1ccc(OC)c2c(Cl)c3c(nc12)CCC3. The molecule has 0 saturated carbocycles. The van der Waals surface area contributed by atoms with Gasteiger partial charge in [0.05, 0.1) is 24.6 Å². The van der Waals surface area contributed by atoms with Gasteiger partial charge >= 0.3 is 0 Å². The highest BCUT2D eigenvalue weighted by molar-refractivity contribution is 6.37. The molecule has 3 nitrogen and oxygen atoms in total. The van der Waals surface area contributed by atoms with Crippen LogP contribution >= 0.6 is 11.6 Å². The lowest BCUT2D eigenvalue weighted by Crippen LogP contribution is -1.97. The largest absolute Gasteiger partial charge is 0.496 e. The molecule has 18 heavy (non-hydrogen) atoms. The van der Waals surface area contributed by atoms with E-state index >= 15 is 0 Å². The molecule has 94 valence electrons. The van der Waals surface area contributed by atoms with E-state index < -0.39 is 0 Å². The summed E-state index contributed by atoms with van der Waals surface area (Å²) >= 11 is 6.52. The van der Waals surface area contributed by atoms with E-state index in [1.54, 1.807) is 14.2 Å². The lowest BCUT2D eigenvalue weighted by molar-refractivity contribution is 0.409. The highest BCUT2D eigenvalue weighted by Crippen LogP contribution is 2.41. The fourth-order valence-electron chi connectivity index (χ4n) is 2.58. The predicted octanol–water partition coefficient (Wildman–Crippen LogP) is 3.39. The molecule has 1 aromatic heterocycles. The summed E-state index contributed by atoms with van der Waals surface area (Å²) in [4.78, 5) is 4.71. The van der Waals surface area contributed by atoms with Crippen LogP contribution in [0.15, 0.2) is 12.1 Å². The maximum Gasteiger partial charge on any atom is 0.145 e. The Labute approximate surface area is 111 Å². The molecular weight excluding hydrogens is 250 g/mol. The summed E-state index contributed by atoms with van der Waals surface area (Å²) in [6.07, 6.45) is 3.10. The topological polar surface area (TPSA) is 31.4 Å². The zero-order valence-corrected chi connectivity index (χ0v) is 11.2. The molecule has 0 spiro atoms. The molecule has 0 N–H and O–H groups in total. The summed E-state index contributed by atoms with van der Waals surface area (Å²) in [5.41, 5.74) is 3.05. The van der Waals surface area contributed by atoms with E-state index in [-0.39, 0.29) is 0 Å². The van der Waals surface area contributed by atoms with E-state index in [2.05, 4.69) is 0 Å². The van der Waals surface area contributed by atoms with Crippen LogP contribution in [0.1, 0.15) is 17.7 Å². The Morgan fingerprint density at radius 3 is 2.56 bits per heavy atom. The minimum absolute atomic E-state index is 0.738. The van der Waals surface area contributed by atoms with Gasteiger partial charge in [-0.05, 0) is 37.0 Å². The van der Waals surface area contributed by atoms with E-state index in [1.165, 1.54) is 0 Å². The van der Waals surface area contributed by atoms with E-state index in [0.717, 1.165) is 57.9 Å². The molecule has 2 aromatic rings. The number of pyridine rings is 1. The number of ether oxygens (including phenoxy) is 2. The molecule has 0 saturated heterocycles. The number of rotatable bonds is 2. The third-order valence-corrected chi connectivity index (χ3v) is 3.88. The average Bonchev–Trinajstić information content (AvgIpc) is 2.86. The van der Waals surface area contributed by atoms with Gasteiger partial charge in [0.25, 0.3) is 0 Å². The highest BCUT2D eigenvalue weighted by Gasteiger charge is 2.22. The van der Waals surface area contributed by atoms with Crippen molar-refractivity contribution in [1.82, 2.24) is 4.98 Å². The lowest BCUT2D eigenvalue weighted by atomic mass is 10.1. The summed E-state index contributed by atoms with van der Waals surface area (Å²) in [6.45, 7) is 0. The zero-order chi connectivity index (χ0) is 12.7. The van der Waals surface area contributed by atoms with Gasteiger partial charge in [0, 0.05) is 5.69 Å². The zero-order valence-electron chi connectivity index (χ0n) is 10.4. The first-order valence-electron chi connectivity index (χ1n) is 5.98. The third kappa shape index (κ3) is 1.54. The van der Waals surface area contributed by atoms with Gasteiger partial charge in [0.15, 0.2) is 0 Å². The maximum absolute atomic E-state index is 6.52.